The van der Waals surface area contributed by atoms with Gasteiger partial charge in [-0.05, 0) is 49.9 Å². The molecule has 1 saturated carbocycles. The lowest BCUT2D eigenvalue weighted by Crippen LogP contribution is -2.56. The summed E-state index contributed by atoms with van der Waals surface area (Å²) in [5, 5.41) is 2.89. The molecule has 0 aromatic carbocycles. The zero-order chi connectivity index (χ0) is 18.7. The molecule has 0 bridgehead atoms. The lowest BCUT2D eigenvalue weighted by atomic mass is 9.90. The number of nitrogens with zero attached hydrogens (tertiary/aromatic N) is 2. The minimum absolute atomic E-state index is 0.195. The summed E-state index contributed by atoms with van der Waals surface area (Å²) in [7, 11) is 0. The molecule has 1 aliphatic carbocycles. The monoisotopic (exact) mass is 369 g/mol. The van der Waals surface area contributed by atoms with Gasteiger partial charge in [0.2, 0.25) is 5.91 Å². The van der Waals surface area contributed by atoms with E-state index in [0.717, 1.165) is 37.8 Å². The molecule has 1 N–H and O–H groups in total. The second-order valence-corrected chi connectivity index (χ2v) is 7.02. The molecule has 2 aliphatic rings. The number of pyridine rings is 1. The minimum Gasteiger partial charge on any atom is -0.459 e. The lowest BCUT2D eigenvalue weighted by Gasteiger charge is -2.41. The first kappa shape index (κ1) is 17.7. The largest absolute Gasteiger partial charge is 0.459 e. The van der Waals surface area contributed by atoms with Gasteiger partial charge < -0.3 is 14.5 Å². The number of aromatic nitrogens is 1. The quantitative estimate of drug-likeness (QED) is 0.895. The summed E-state index contributed by atoms with van der Waals surface area (Å²) in [4.78, 5) is 31.8. The highest BCUT2D eigenvalue weighted by atomic mass is 16.5. The molecule has 0 radical (unpaired) electrons. The summed E-state index contributed by atoms with van der Waals surface area (Å²) in [5.74, 6) is -0.298. The highest BCUT2D eigenvalue weighted by molar-refractivity contribution is 5.96. The molecule has 4 rings (SSSR count). The van der Waals surface area contributed by atoms with Crippen molar-refractivity contribution in [3.8, 4) is 0 Å². The van der Waals surface area contributed by atoms with Crippen LogP contribution in [0.15, 0.2) is 47.2 Å². The number of carbonyl (C=O) groups excluding carboxylic acids is 2. The molecule has 2 aromatic rings. The van der Waals surface area contributed by atoms with Gasteiger partial charge in [-0.2, -0.15) is 0 Å². The molecule has 7 heteroatoms. The molecule has 1 saturated heterocycles. The van der Waals surface area contributed by atoms with Gasteiger partial charge in [0.15, 0.2) is 5.76 Å². The van der Waals surface area contributed by atoms with Crippen molar-refractivity contribution in [1.82, 2.24) is 15.2 Å². The van der Waals surface area contributed by atoms with E-state index in [4.69, 9.17) is 9.15 Å². The summed E-state index contributed by atoms with van der Waals surface area (Å²) >= 11 is 0. The van der Waals surface area contributed by atoms with Gasteiger partial charge in [0.25, 0.3) is 5.91 Å². The Morgan fingerprint density at radius 1 is 1.19 bits per heavy atom. The third-order valence-corrected chi connectivity index (χ3v) is 5.32. The first-order valence-corrected chi connectivity index (χ1v) is 9.38. The smallest absolute Gasteiger partial charge is 0.292 e. The third-order valence-electron chi connectivity index (χ3n) is 5.32. The standard InChI is InChI=1S/C20H23N3O4/c24-18(22-13-15-7-2-5-11-21-15)16-14-27-20(9-3-1-4-10-20)23(16)19(25)17-8-6-12-26-17/h2,5-8,11-12,16H,1,3-4,9-10,13-14H2,(H,22,24)/t16-/m1/s1. The van der Waals surface area contributed by atoms with Crippen molar-refractivity contribution in [2.24, 2.45) is 0 Å². The number of carbonyl (C=O) groups is 2. The van der Waals surface area contributed by atoms with E-state index in [1.54, 1.807) is 23.2 Å². The lowest BCUT2D eigenvalue weighted by molar-refractivity contribution is -0.127. The molecule has 142 valence electrons. The van der Waals surface area contributed by atoms with Gasteiger partial charge in [-0.1, -0.05) is 12.5 Å². The van der Waals surface area contributed by atoms with Gasteiger partial charge in [0.1, 0.15) is 11.8 Å². The summed E-state index contributed by atoms with van der Waals surface area (Å²) in [6, 6.07) is 8.17. The topological polar surface area (TPSA) is 84.7 Å². The molecule has 3 heterocycles. The number of rotatable bonds is 4. The van der Waals surface area contributed by atoms with E-state index in [1.165, 1.54) is 6.26 Å². The molecule has 1 atom stereocenters. The van der Waals surface area contributed by atoms with Crippen molar-refractivity contribution in [1.29, 1.82) is 0 Å². The van der Waals surface area contributed by atoms with Crippen LogP contribution < -0.4 is 5.32 Å². The molecule has 27 heavy (non-hydrogen) atoms. The van der Waals surface area contributed by atoms with Crippen LogP contribution in [0.2, 0.25) is 0 Å². The van der Waals surface area contributed by atoms with E-state index in [-0.39, 0.29) is 24.2 Å². The van der Waals surface area contributed by atoms with Crippen LogP contribution in [-0.2, 0) is 16.1 Å². The zero-order valence-corrected chi connectivity index (χ0v) is 15.1. The van der Waals surface area contributed by atoms with Crippen LogP contribution in [0, 0.1) is 0 Å². The van der Waals surface area contributed by atoms with Gasteiger partial charge in [0, 0.05) is 6.20 Å². The Labute approximate surface area is 157 Å². The molecule has 2 amide bonds. The third kappa shape index (κ3) is 3.47. The molecule has 1 aliphatic heterocycles. The molecule has 0 unspecified atom stereocenters. The SMILES string of the molecule is O=C(NCc1ccccn1)[C@H]1COC2(CCCCC2)N1C(=O)c1ccco1. The minimum atomic E-state index is -0.713. The number of hydrogen-bond acceptors (Lipinski definition) is 5. The van der Waals surface area contributed by atoms with Crippen molar-refractivity contribution in [2.45, 2.75) is 50.4 Å². The Balaban J connectivity index is 1.54. The average Bonchev–Trinajstić information content (AvgIpc) is 3.36. The van der Waals surface area contributed by atoms with Crippen molar-refractivity contribution in [2.75, 3.05) is 6.61 Å². The van der Waals surface area contributed by atoms with Gasteiger partial charge in [0.05, 0.1) is 25.1 Å². The fourth-order valence-electron chi connectivity index (χ4n) is 3.99. The fraction of sp³-hybridized carbons (Fsp3) is 0.450. The Morgan fingerprint density at radius 2 is 2.04 bits per heavy atom. The highest BCUT2D eigenvalue weighted by Gasteiger charge is 2.53. The molecular formula is C20H23N3O4. The summed E-state index contributed by atoms with van der Waals surface area (Å²) in [5.41, 5.74) is 0.0517. The molecule has 7 nitrogen and oxygen atoms in total. The van der Waals surface area contributed by atoms with Crippen molar-refractivity contribution in [3.63, 3.8) is 0 Å². The Hall–Kier alpha value is -2.67. The van der Waals surface area contributed by atoms with Gasteiger partial charge in [-0.15, -0.1) is 0 Å². The van der Waals surface area contributed by atoms with E-state index in [1.807, 2.05) is 18.2 Å². The van der Waals surface area contributed by atoms with E-state index in [2.05, 4.69) is 10.3 Å². The van der Waals surface area contributed by atoms with Crippen LogP contribution in [0.5, 0.6) is 0 Å². The van der Waals surface area contributed by atoms with Crippen molar-refractivity contribution < 1.29 is 18.7 Å². The number of amides is 2. The average molecular weight is 369 g/mol. The van der Waals surface area contributed by atoms with E-state index < -0.39 is 11.8 Å². The van der Waals surface area contributed by atoms with Crippen LogP contribution in [0.4, 0.5) is 0 Å². The maximum atomic E-state index is 13.1. The summed E-state index contributed by atoms with van der Waals surface area (Å²) in [6.45, 7) is 0.506. The highest BCUT2D eigenvalue weighted by Crippen LogP contribution is 2.41. The summed E-state index contributed by atoms with van der Waals surface area (Å²) in [6.07, 6.45) is 7.70. The van der Waals surface area contributed by atoms with Crippen molar-refractivity contribution >= 4 is 11.8 Å². The van der Waals surface area contributed by atoms with Gasteiger partial charge in [-0.3, -0.25) is 19.5 Å². The molecule has 2 aromatic heterocycles. The molecule has 1 spiro atoms. The number of ether oxygens (including phenoxy) is 1. The Bertz CT molecular complexity index is 785. The van der Waals surface area contributed by atoms with Gasteiger partial charge in [-0.25, -0.2) is 0 Å². The van der Waals surface area contributed by atoms with E-state index in [9.17, 15) is 9.59 Å². The first-order chi connectivity index (χ1) is 13.2. The Kier molecular flexibility index (Phi) is 4.94. The maximum Gasteiger partial charge on any atom is 0.292 e. The second-order valence-electron chi connectivity index (χ2n) is 7.02. The van der Waals surface area contributed by atoms with E-state index in [0.29, 0.717) is 6.54 Å². The predicted octanol–water partition coefficient (Wildman–Crippen LogP) is 2.49. The Morgan fingerprint density at radius 3 is 2.74 bits per heavy atom. The number of nitrogens with one attached hydrogen (secondary N) is 1. The maximum absolute atomic E-state index is 13.1. The zero-order valence-electron chi connectivity index (χ0n) is 15.1. The van der Waals surface area contributed by atoms with Gasteiger partial charge >= 0.3 is 0 Å². The van der Waals surface area contributed by atoms with Crippen LogP contribution in [-0.4, -0.2) is 40.1 Å². The summed E-state index contributed by atoms with van der Waals surface area (Å²) < 4.78 is 11.4. The van der Waals surface area contributed by atoms with E-state index >= 15 is 0 Å². The van der Waals surface area contributed by atoms with Crippen molar-refractivity contribution in [3.05, 3.63) is 54.2 Å². The number of furan rings is 1. The first-order valence-electron chi connectivity index (χ1n) is 9.38. The predicted molar refractivity (Wildman–Crippen MR) is 96.5 cm³/mol. The molecular weight excluding hydrogens is 346 g/mol. The van der Waals surface area contributed by atoms with Crippen LogP contribution >= 0.6 is 0 Å². The second kappa shape index (κ2) is 7.52. The fourth-order valence-corrected chi connectivity index (χ4v) is 3.99. The molecule has 2 fully saturated rings. The number of hydrogen-bond donors (Lipinski definition) is 1. The van der Waals surface area contributed by atoms with Crippen LogP contribution in [0.1, 0.15) is 48.4 Å². The van der Waals surface area contributed by atoms with Crippen LogP contribution in [0.3, 0.4) is 0 Å². The van der Waals surface area contributed by atoms with Crippen LogP contribution in [0.25, 0.3) is 0 Å². The normalized spacial score (nSPS) is 21.3.